The average Bonchev–Trinajstić information content (AvgIpc) is 2.39. The highest BCUT2D eigenvalue weighted by Gasteiger charge is 2.19. The van der Waals surface area contributed by atoms with E-state index in [9.17, 15) is 4.79 Å². The molecular weight excluding hydrogens is 242 g/mol. The van der Waals surface area contributed by atoms with Gasteiger partial charge in [0.25, 0.3) is 0 Å². The molecule has 0 radical (unpaired) electrons. The van der Waals surface area contributed by atoms with Crippen LogP contribution in [-0.4, -0.2) is 20.2 Å². The quantitative estimate of drug-likeness (QED) is 0.831. The molecule has 0 fully saturated rings. The Balaban J connectivity index is 3.05. The second-order valence-corrected chi connectivity index (χ2v) is 4.80. The summed E-state index contributed by atoms with van der Waals surface area (Å²) < 4.78 is 10.1. The number of carbonyl (C=O) groups excluding carboxylic acids is 1. The summed E-state index contributed by atoms with van der Waals surface area (Å²) in [6, 6.07) is 1.87. The summed E-state index contributed by atoms with van der Waals surface area (Å²) in [5.74, 6) is 0.589. The number of aryl methyl sites for hydroxylation is 2. The minimum Gasteiger partial charge on any atom is -0.496 e. The first-order chi connectivity index (χ1) is 8.92. The summed E-state index contributed by atoms with van der Waals surface area (Å²) >= 11 is 0. The lowest BCUT2D eigenvalue weighted by Gasteiger charge is -2.21. The molecule has 1 rings (SSSR count). The van der Waals surface area contributed by atoms with Crippen LogP contribution in [0.25, 0.3) is 0 Å². The average molecular weight is 265 g/mol. The maximum absolute atomic E-state index is 11.2. The lowest BCUT2D eigenvalue weighted by molar-refractivity contribution is -0.140. The van der Waals surface area contributed by atoms with Crippen LogP contribution in [0, 0.1) is 20.8 Å². The fourth-order valence-corrected chi connectivity index (χ4v) is 2.31. The molecule has 0 bridgehead atoms. The van der Waals surface area contributed by atoms with Crippen molar-refractivity contribution in [3.8, 4) is 5.75 Å². The van der Waals surface area contributed by atoms with E-state index in [1.165, 1.54) is 12.7 Å². The Kier molecular flexibility index (Phi) is 5.36. The number of benzene rings is 1. The molecule has 106 valence electrons. The maximum atomic E-state index is 11.2. The lowest BCUT2D eigenvalue weighted by Crippen LogP contribution is -2.16. The van der Waals surface area contributed by atoms with Gasteiger partial charge in [0, 0.05) is 18.0 Å². The van der Waals surface area contributed by atoms with Crippen molar-refractivity contribution in [2.45, 2.75) is 39.7 Å². The summed E-state index contributed by atoms with van der Waals surface area (Å²) in [6.45, 7) is 6.08. The van der Waals surface area contributed by atoms with Crippen LogP contribution in [-0.2, 0) is 9.53 Å². The number of methoxy groups -OCH3 is 2. The molecule has 19 heavy (non-hydrogen) atoms. The minimum atomic E-state index is -0.240. The van der Waals surface area contributed by atoms with E-state index in [1.807, 2.05) is 13.8 Å². The maximum Gasteiger partial charge on any atom is 0.305 e. The highest BCUT2D eigenvalue weighted by atomic mass is 16.5. The second-order valence-electron chi connectivity index (χ2n) is 4.80. The first-order valence-electron chi connectivity index (χ1n) is 6.39. The number of nitrogens with two attached hydrogens (primary N) is 1. The van der Waals surface area contributed by atoms with E-state index in [0.29, 0.717) is 12.8 Å². The molecule has 0 saturated carbocycles. The standard InChI is InChI=1S/C15H23NO3/c1-9-8-10(2)14(15(19-5)11(9)3)12(16)6-7-13(17)18-4/h8,12H,6-7,16H2,1-5H3. The normalized spacial score (nSPS) is 12.1. The third kappa shape index (κ3) is 3.47. The third-order valence-corrected chi connectivity index (χ3v) is 3.50. The van der Waals surface area contributed by atoms with E-state index in [0.717, 1.165) is 22.4 Å². The van der Waals surface area contributed by atoms with E-state index in [-0.39, 0.29) is 12.0 Å². The van der Waals surface area contributed by atoms with Crippen molar-refractivity contribution in [1.29, 1.82) is 0 Å². The van der Waals surface area contributed by atoms with Crippen LogP contribution >= 0.6 is 0 Å². The largest absolute Gasteiger partial charge is 0.496 e. The van der Waals surface area contributed by atoms with Crippen LogP contribution in [0.5, 0.6) is 5.75 Å². The van der Waals surface area contributed by atoms with Crippen LogP contribution in [0.1, 0.15) is 41.1 Å². The molecule has 0 spiro atoms. The number of rotatable bonds is 5. The molecule has 4 nitrogen and oxygen atoms in total. The van der Waals surface area contributed by atoms with Crippen LogP contribution in [0.3, 0.4) is 0 Å². The van der Waals surface area contributed by atoms with Crippen molar-refractivity contribution in [3.05, 3.63) is 28.3 Å². The van der Waals surface area contributed by atoms with Crippen molar-refractivity contribution >= 4 is 5.97 Å². The van der Waals surface area contributed by atoms with Crippen molar-refractivity contribution in [3.63, 3.8) is 0 Å². The summed E-state index contributed by atoms with van der Waals surface area (Å²) in [5, 5.41) is 0. The zero-order valence-corrected chi connectivity index (χ0v) is 12.4. The Morgan fingerprint density at radius 3 is 2.42 bits per heavy atom. The fraction of sp³-hybridized carbons (Fsp3) is 0.533. The summed E-state index contributed by atoms with van der Waals surface area (Å²) in [7, 11) is 3.04. The van der Waals surface area contributed by atoms with Crippen LogP contribution in [0.15, 0.2) is 6.07 Å². The van der Waals surface area contributed by atoms with Gasteiger partial charge in [-0.15, -0.1) is 0 Å². The zero-order valence-electron chi connectivity index (χ0n) is 12.4. The molecule has 0 aromatic heterocycles. The van der Waals surface area contributed by atoms with Gasteiger partial charge in [0.2, 0.25) is 0 Å². The number of esters is 1. The van der Waals surface area contributed by atoms with Gasteiger partial charge in [-0.05, 0) is 43.9 Å². The molecule has 0 aliphatic heterocycles. The van der Waals surface area contributed by atoms with E-state index in [2.05, 4.69) is 17.7 Å². The molecule has 0 amide bonds. The predicted octanol–water partition coefficient (Wildman–Crippen LogP) is 2.57. The van der Waals surface area contributed by atoms with Gasteiger partial charge in [-0.25, -0.2) is 0 Å². The van der Waals surface area contributed by atoms with Gasteiger partial charge in [0.1, 0.15) is 5.75 Å². The Hall–Kier alpha value is -1.55. The van der Waals surface area contributed by atoms with Crippen molar-refractivity contribution in [2.75, 3.05) is 14.2 Å². The molecule has 0 aliphatic carbocycles. The number of hydrogen-bond acceptors (Lipinski definition) is 4. The molecule has 1 atom stereocenters. The molecular formula is C15H23NO3. The number of hydrogen-bond donors (Lipinski definition) is 1. The minimum absolute atomic E-state index is 0.228. The fourth-order valence-electron chi connectivity index (χ4n) is 2.31. The van der Waals surface area contributed by atoms with Gasteiger partial charge >= 0.3 is 5.97 Å². The summed E-state index contributed by atoms with van der Waals surface area (Å²) in [6.07, 6.45) is 0.861. The Labute approximate surface area is 114 Å². The van der Waals surface area contributed by atoms with E-state index < -0.39 is 0 Å². The van der Waals surface area contributed by atoms with Gasteiger partial charge in [-0.3, -0.25) is 4.79 Å². The molecule has 0 heterocycles. The molecule has 1 aromatic rings. The Morgan fingerprint density at radius 1 is 1.26 bits per heavy atom. The van der Waals surface area contributed by atoms with Gasteiger partial charge in [0.15, 0.2) is 0 Å². The van der Waals surface area contributed by atoms with Crippen LogP contribution in [0.2, 0.25) is 0 Å². The molecule has 4 heteroatoms. The summed E-state index contributed by atoms with van der Waals surface area (Å²) in [4.78, 5) is 11.2. The number of carbonyl (C=O) groups is 1. The highest BCUT2D eigenvalue weighted by Crippen LogP contribution is 2.34. The zero-order chi connectivity index (χ0) is 14.6. The predicted molar refractivity (Wildman–Crippen MR) is 75.4 cm³/mol. The Bertz CT molecular complexity index is 469. The smallest absolute Gasteiger partial charge is 0.305 e. The highest BCUT2D eigenvalue weighted by molar-refractivity contribution is 5.69. The van der Waals surface area contributed by atoms with Gasteiger partial charge < -0.3 is 15.2 Å². The first-order valence-corrected chi connectivity index (χ1v) is 6.39. The SMILES string of the molecule is COC(=O)CCC(N)c1c(C)cc(C)c(C)c1OC. The van der Waals surface area contributed by atoms with Gasteiger partial charge in [0.05, 0.1) is 14.2 Å². The Morgan fingerprint density at radius 2 is 1.89 bits per heavy atom. The summed E-state index contributed by atoms with van der Waals surface area (Å²) in [5.41, 5.74) is 10.6. The van der Waals surface area contributed by atoms with Crippen LogP contribution < -0.4 is 10.5 Å². The van der Waals surface area contributed by atoms with Crippen molar-refractivity contribution < 1.29 is 14.3 Å². The van der Waals surface area contributed by atoms with E-state index in [1.54, 1.807) is 7.11 Å². The third-order valence-electron chi connectivity index (χ3n) is 3.50. The van der Waals surface area contributed by atoms with Crippen LogP contribution in [0.4, 0.5) is 0 Å². The molecule has 1 aromatic carbocycles. The topological polar surface area (TPSA) is 61.5 Å². The molecule has 2 N–H and O–H groups in total. The molecule has 1 unspecified atom stereocenters. The lowest BCUT2D eigenvalue weighted by atomic mass is 9.92. The number of ether oxygens (including phenoxy) is 2. The first kappa shape index (κ1) is 15.5. The van der Waals surface area contributed by atoms with Gasteiger partial charge in [-0.1, -0.05) is 6.07 Å². The van der Waals surface area contributed by atoms with Crippen molar-refractivity contribution in [1.82, 2.24) is 0 Å². The van der Waals surface area contributed by atoms with Crippen molar-refractivity contribution in [2.24, 2.45) is 5.73 Å². The monoisotopic (exact) mass is 265 g/mol. The molecule has 0 aliphatic rings. The van der Waals surface area contributed by atoms with E-state index >= 15 is 0 Å². The molecule has 0 saturated heterocycles. The second kappa shape index (κ2) is 6.57. The van der Waals surface area contributed by atoms with E-state index in [4.69, 9.17) is 10.5 Å². The van der Waals surface area contributed by atoms with Gasteiger partial charge in [-0.2, -0.15) is 0 Å².